The Hall–Kier alpha value is -0.940. The number of aromatic nitrogens is 1. The van der Waals surface area contributed by atoms with Crippen molar-refractivity contribution in [3.05, 3.63) is 41.4 Å². The first kappa shape index (κ1) is 16.4. The molecule has 1 saturated heterocycles. The zero-order chi connectivity index (χ0) is 13.8. The van der Waals surface area contributed by atoms with E-state index < -0.39 is 0 Å². The number of halogens is 1. The van der Waals surface area contributed by atoms with Gasteiger partial charge in [0.1, 0.15) is 5.01 Å². The molecule has 0 aliphatic carbocycles. The van der Waals surface area contributed by atoms with Crippen molar-refractivity contribution < 1.29 is 0 Å². The van der Waals surface area contributed by atoms with Crippen LogP contribution in [0.2, 0.25) is 0 Å². The van der Waals surface area contributed by atoms with Crippen LogP contribution in [0.15, 0.2) is 35.7 Å². The summed E-state index contributed by atoms with van der Waals surface area (Å²) < 4.78 is 0. The van der Waals surface area contributed by atoms with Gasteiger partial charge in [-0.2, -0.15) is 0 Å². The molecule has 3 nitrogen and oxygen atoms in total. The molecule has 0 spiro atoms. The predicted molar refractivity (Wildman–Crippen MR) is 92.2 cm³/mol. The highest BCUT2D eigenvalue weighted by atomic mass is 35.5. The van der Waals surface area contributed by atoms with Crippen LogP contribution in [0.1, 0.15) is 18.5 Å². The van der Waals surface area contributed by atoms with E-state index in [1.165, 1.54) is 30.6 Å². The predicted octanol–water partition coefficient (Wildman–Crippen LogP) is 3.42. The lowest BCUT2D eigenvalue weighted by atomic mass is 10.1. The first-order valence-corrected chi connectivity index (χ1v) is 8.12. The van der Waals surface area contributed by atoms with E-state index in [1.807, 2.05) is 6.07 Å². The molecule has 0 bridgehead atoms. The number of nitrogens with zero attached hydrogens (tertiary/aromatic N) is 2. The molecule has 0 radical (unpaired) electrons. The molecule has 114 valence electrons. The maximum Gasteiger partial charge on any atom is 0.123 e. The smallest absolute Gasteiger partial charge is 0.123 e. The Bertz CT molecular complexity index is 543. The molecular weight excluding hydrogens is 302 g/mol. The fourth-order valence-electron chi connectivity index (χ4n) is 2.76. The molecule has 21 heavy (non-hydrogen) atoms. The number of benzene rings is 1. The topological polar surface area (TPSA) is 28.2 Å². The monoisotopic (exact) mass is 323 g/mol. The van der Waals surface area contributed by atoms with Gasteiger partial charge in [0.2, 0.25) is 0 Å². The summed E-state index contributed by atoms with van der Waals surface area (Å²) in [6, 6.07) is 11.1. The highest BCUT2D eigenvalue weighted by Crippen LogP contribution is 2.24. The van der Waals surface area contributed by atoms with Gasteiger partial charge in [-0.05, 0) is 26.4 Å². The van der Waals surface area contributed by atoms with Gasteiger partial charge in [0.05, 0.1) is 5.69 Å². The van der Waals surface area contributed by atoms with Gasteiger partial charge >= 0.3 is 0 Å². The second-order valence-corrected chi connectivity index (χ2v) is 6.23. The molecule has 0 saturated carbocycles. The number of likely N-dealkylation sites (N-methyl/N-ethyl adjacent to an activating group) is 1. The SMILES string of the molecule is CNC1CCCN(Cc2csc(-c3ccccc3)n2)C1.Cl. The Morgan fingerprint density at radius 1 is 1.33 bits per heavy atom. The first-order valence-electron chi connectivity index (χ1n) is 7.24. The van der Waals surface area contributed by atoms with Crippen LogP contribution in [0.5, 0.6) is 0 Å². The summed E-state index contributed by atoms with van der Waals surface area (Å²) in [5, 5.41) is 6.72. The van der Waals surface area contributed by atoms with Crippen molar-refractivity contribution in [2.24, 2.45) is 0 Å². The van der Waals surface area contributed by atoms with E-state index in [2.05, 4.69) is 46.9 Å². The number of hydrogen-bond acceptors (Lipinski definition) is 4. The minimum atomic E-state index is 0. The minimum Gasteiger partial charge on any atom is -0.316 e. The Labute approximate surface area is 136 Å². The van der Waals surface area contributed by atoms with Crippen LogP contribution in [-0.4, -0.2) is 36.1 Å². The molecule has 1 aromatic carbocycles. The molecule has 1 aliphatic heterocycles. The van der Waals surface area contributed by atoms with Crippen molar-refractivity contribution in [2.45, 2.75) is 25.4 Å². The van der Waals surface area contributed by atoms with Gasteiger partial charge in [-0.1, -0.05) is 30.3 Å². The maximum atomic E-state index is 4.78. The summed E-state index contributed by atoms with van der Waals surface area (Å²) in [5.41, 5.74) is 2.42. The molecule has 1 atom stereocenters. The lowest BCUT2D eigenvalue weighted by Crippen LogP contribution is -2.43. The van der Waals surface area contributed by atoms with Gasteiger partial charge in [0, 0.05) is 30.1 Å². The number of thiazole rings is 1. The fraction of sp³-hybridized carbons (Fsp3) is 0.438. The fourth-order valence-corrected chi connectivity index (χ4v) is 3.57. The third-order valence-electron chi connectivity index (χ3n) is 3.87. The number of hydrogen-bond donors (Lipinski definition) is 1. The highest BCUT2D eigenvalue weighted by molar-refractivity contribution is 7.13. The van der Waals surface area contributed by atoms with Crippen molar-refractivity contribution in [3.63, 3.8) is 0 Å². The van der Waals surface area contributed by atoms with Gasteiger partial charge in [-0.25, -0.2) is 4.98 Å². The van der Waals surface area contributed by atoms with Crippen LogP contribution in [0.4, 0.5) is 0 Å². The molecule has 1 aliphatic rings. The standard InChI is InChI=1S/C16H21N3S.ClH/c1-17-14-8-5-9-19(10-14)11-15-12-20-16(18-15)13-6-3-2-4-7-13;/h2-4,6-7,12,14,17H,5,8-11H2,1H3;1H. The van der Waals surface area contributed by atoms with E-state index in [0.29, 0.717) is 6.04 Å². The number of nitrogens with one attached hydrogen (secondary N) is 1. The van der Waals surface area contributed by atoms with Crippen LogP contribution >= 0.6 is 23.7 Å². The van der Waals surface area contributed by atoms with Crippen LogP contribution in [-0.2, 0) is 6.54 Å². The molecule has 1 aromatic heterocycles. The van der Waals surface area contributed by atoms with Crippen LogP contribution in [0.25, 0.3) is 10.6 Å². The summed E-state index contributed by atoms with van der Waals surface area (Å²) in [4.78, 5) is 7.29. The van der Waals surface area contributed by atoms with Gasteiger partial charge in [0.25, 0.3) is 0 Å². The van der Waals surface area contributed by atoms with E-state index >= 15 is 0 Å². The molecule has 0 amide bonds. The highest BCUT2D eigenvalue weighted by Gasteiger charge is 2.19. The van der Waals surface area contributed by atoms with Gasteiger partial charge in [0.15, 0.2) is 0 Å². The number of rotatable bonds is 4. The zero-order valence-corrected chi connectivity index (χ0v) is 13.9. The molecule has 1 fully saturated rings. The number of piperidine rings is 1. The zero-order valence-electron chi connectivity index (χ0n) is 12.3. The maximum absolute atomic E-state index is 4.78. The van der Waals surface area contributed by atoms with Crippen molar-refractivity contribution in [1.29, 1.82) is 0 Å². The Morgan fingerprint density at radius 2 is 2.14 bits per heavy atom. The van der Waals surface area contributed by atoms with E-state index in [1.54, 1.807) is 11.3 Å². The average Bonchev–Trinajstić information content (AvgIpc) is 2.97. The second kappa shape index (κ2) is 7.90. The van der Waals surface area contributed by atoms with E-state index in [0.717, 1.165) is 18.1 Å². The third-order valence-corrected chi connectivity index (χ3v) is 4.81. The lowest BCUT2D eigenvalue weighted by Gasteiger charge is -2.31. The van der Waals surface area contributed by atoms with E-state index in [4.69, 9.17) is 4.98 Å². The summed E-state index contributed by atoms with van der Waals surface area (Å²) in [7, 11) is 2.06. The van der Waals surface area contributed by atoms with Crippen molar-refractivity contribution in [3.8, 4) is 10.6 Å². The van der Waals surface area contributed by atoms with Crippen LogP contribution in [0.3, 0.4) is 0 Å². The summed E-state index contributed by atoms with van der Waals surface area (Å²) in [5.74, 6) is 0. The molecule has 5 heteroatoms. The first-order chi connectivity index (χ1) is 9.85. The summed E-state index contributed by atoms with van der Waals surface area (Å²) in [6.45, 7) is 3.30. The summed E-state index contributed by atoms with van der Waals surface area (Å²) in [6.07, 6.45) is 2.57. The van der Waals surface area contributed by atoms with Gasteiger partial charge in [-0.3, -0.25) is 4.90 Å². The van der Waals surface area contributed by atoms with Crippen molar-refractivity contribution >= 4 is 23.7 Å². The molecule has 1 N–H and O–H groups in total. The van der Waals surface area contributed by atoms with E-state index in [-0.39, 0.29) is 12.4 Å². The largest absolute Gasteiger partial charge is 0.316 e. The van der Waals surface area contributed by atoms with Gasteiger partial charge < -0.3 is 5.32 Å². The quantitative estimate of drug-likeness (QED) is 0.934. The Balaban J connectivity index is 0.00000161. The van der Waals surface area contributed by atoms with Crippen LogP contribution < -0.4 is 5.32 Å². The minimum absolute atomic E-state index is 0. The second-order valence-electron chi connectivity index (χ2n) is 5.37. The van der Waals surface area contributed by atoms with E-state index in [9.17, 15) is 0 Å². The average molecular weight is 324 g/mol. The van der Waals surface area contributed by atoms with Crippen molar-refractivity contribution in [2.75, 3.05) is 20.1 Å². The summed E-state index contributed by atoms with van der Waals surface area (Å²) >= 11 is 1.74. The third kappa shape index (κ3) is 4.27. The Kier molecular flexibility index (Phi) is 6.18. The van der Waals surface area contributed by atoms with Crippen LogP contribution in [0, 0.1) is 0 Å². The lowest BCUT2D eigenvalue weighted by molar-refractivity contribution is 0.186. The molecule has 2 heterocycles. The number of likely N-dealkylation sites (tertiary alicyclic amines) is 1. The molecule has 1 unspecified atom stereocenters. The van der Waals surface area contributed by atoms with Crippen molar-refractivity contribution in [1.82, 2.24) is 15.2 Å². The van der Waals surface area contributed by atoms with Gasteiger partial charge in [-0.15, -0.1) is 23.7 Å². The molecule has 3 rings (SSSR count). The normalized spacial score (nSPS) is 19.2. The molecular formula is C16H22ClN3S. The molecule has 2 aromatic rings. The Morgan fingerprint density at radius 3 is 2.90 bits per heavy atom.